The summed E-state index contributed by atoms with van der Waals surface area (Å²) in [6.07, 6.45) is 5.19. The molecule has 198 valence electrons. The number of rotatable bonds is 9. The summed E-state index contributed by atoms with van der Waals surface area (Å²) in [7, 11) is 0. The zero-order chi connectivity index (χ0) is 26.6. The van der Waals surface area contributed by atoms with E-state index in [4.69, 9.17) is 9.15 Å². The number of fused-ring (bicyclic) bond motifs is 1. The third kappa shape index (κ3) is 5.72. The van der Waals surface area contributed by atoms with E-state index in [1.165, 1.54) is 5.56 Å². The van der Waals surface area contributed by atoms with E-state index in [1.54, 1.807) is 18.3 Å². The van der Waals surface area contributed by atoms with Crippen LogP contribution in [0.5, 0.6) is 5.75 Å². The van der Waals surface area contributed by atoms with Gasteiger partial charge in [-0.3, -0.25) is 14.6 Å². The zero-order valence-electron chi connectivity index (χ0n) is 21.7. The predicted molar refractivity (Wildman–Crippen MR) is 146 cm³/mol. The Morgan fingerprint density at radius 2 is 1.85 bits per heavy atom. The number of carbonyl (C=O) groups excluding carboxylic acids is 2. The van der Waals surface area contributed by atoms with Gasteiger partial charge in [-0.1, -0.05) is 42.5 Å². The second-order valence-electron chi connectivity index (χ2n) is 10.1. The van der Waals surface area contributed by atoms with E-state index in [0.717, 1.165) is 42.6 Å². The Bertz CT molecular complexity index is 1450. The third-order valence-electron chi connectivity index (χ3n) is 7.33. The summed E-state index contributed by atoms with van der Waals surface area (Å²) < 4.78 is 11.8. The van der Waals surface area contributed by atoms with Gasteiger partial charge in [-0.2, -0.15) is 0 Å². The molecule has 1 N–H and O–H groups in total. The number of nitrogens with one attached hydrogen (secondary N) is 1. The van der Waals surface area contributed by atoms with Gasteiger partial charge in [-0.05, 0) is 72.4 Å². The molecular formula is C32H31N3O4. The fraction of sp³-hybridized carbons (Fsp3) is 0.281. The monoisotopic (exact) mass is 521 g/mol. The summed E-state index contributed by atoms with van der Waals surface area (Å²) in [6.45, 7) is 1.39. The van der Waals surface area contributed by atoms with E-state index in [2.05, 4.69) is 28.5 Å². The van der Waals surface area contributed by atoms with Crippen LogP contribution in [0.3, 0.4) is 0 Å². The lowest BCUT2D eigenvalue weighted by atomic mass is 9.87. The van der Waals surface area contributed by atoms with Crippen LogP contribution in [-0.2, 0) is 24.2 Å². The van der Waals surface area contributed by atoms with Crippen LogP contribution in [0, 0.1) is 5.92 Å². The highest BCUT2D eigenvalue weighted by atomic mass is 16.5. The van der Waals surface area contributed by atoms with E-state index >= 15 is 0 Å². The Morgan fingerprint density at radius 1 is 1.00 bits per heavy atom. The number of amides is 2. The number of pyridine rings is 1. The predicted octanol–water partition coefficient (Wildman–Crippen LogP) is 5.11. The van der Waals surface area contributed by atoms with E-state index in [9.17, 15) is 9.59 Å². The number of aromatic nitrogens is 1. The number of furan rings is 1. The van der Waals surface area contributed by atoms with Crippen molar-refractivity contribution in [2.24, 2.45) is 5.92 Å². The van der Waals surface area contributed by atoms with Crippen molar-refractivity contribution in [2.75, 3.05) is 13.1 Å². The standard InChI is InChI=1S/C32H31N3O4/c36-31(34-18-15-25-8-4-5-17-33-25)29-14-13-27(39-29)21-38-26-12-11-22-16-19-35(32(37)24-9-10-24)30(28(22)20-26)23-6-2-1-3-7-23/h1-8,11-14,17,20,24,30H,9-10,15-16,18-19,21H2,(H,34,36). The molecule has 2 aliphatic rings. The first-order chi connectivity index (χ1) is 19.2. The molecule has 2 amide bonds. The number of nitrogens with zero attached hydrogens (tertiary/aromatic N) is 2. The number of carbonyl (C=O) groups is 2. The minimum Gasteiger partial charge on any atom is -0.486 e. The normalized spacial score (nSPS) is 16.4. The van der Waals surface area contributed by atoms with E-state index in [0.29, 0.717) is 24.5 Å². The summed E-state index contributed by atoms with van der Waals surface area (Å²) in [6, 6.07) is 25.3. The van der Waals surface area contributed by atoms with Crippen LogP contribution >= 0.6 is 0 Å². The maximum absolute atomic E-state index is 13.2. The van der Waals surface area contributed by atoms with Gasteiger partial charge in [-0.15, -0.1) is 0 Å². The molecule has 1 atom stereocenters. The molecule has 1 fully saturated rings. The summed E-state index contributed by atoms with van der Waals surface area (Å²) in [5, 5.41) is 2.87. The molecule has 0 spiro atoms. The highest BCUT2D eigenvalue weighted by Crippen LogP contribution is 2.41. The van der Waals surface area contributed by atoms with E-state index in [1.807, 2.05) is 53.4 Å². The van der Waals surface area contributed by atoms with Crippen molar-refractivity contribution in [3.05, 3.63) is 119 Å². The van der Waals surface area contributed by atoms with Gasteiger partial charge in [0.25, 0.3) is 5.91 Å². The molecule has 2 aromatic heterocycles. The molecule has 0 radical (unpaired) electrons. The molecule has 1 unspecified atom stereocenters. The minimum absolute atomic E-state index is 0.128. The molecule has 6 rings (SSSR count). The van der Waals surface area contributed by atoms with Crippen LogP contribution in [0.1, 0.15) is 57.6 Å². The summed E-state index contributed by atoms with van der Waals surface area (Å²) in [5.41, 5.74) is 4.37. The maximum Gasteiger partial charge on any atom is 0.287 e. The highest BCUT2D eigenvalue weighted by molar-refractivity contribution is 5.91. The van der Waals surface area contributed by atoms with Crippen LogP contribution in [0.15, 0.2) is 89.5 Å². The van der Waals surface area contributed by atoms with E-state index in [-0.39, 0.29) is 36.1 Å². The molecule has 7 nitrogen and oxygen atoms in total. The van der Waals surface area contributed by atoms with Gasteiger partial charge >= 0.3 is 0 Å². The number of hydrogen-bond donors (Lipinski definition) is 1. The Morgan fingerprint density at radius 3 is 2.64 bits per heavy atom. The summed E-state index contributed by atoms with van der Waals surface area (Å²) >= 11 is 0. The van der Waals surface area contributed by atoms with Gasteiger partial charge in [0.15, 0.2) is 5.76 Å². The molecule has 1 aliphatic heterocycles. The first kappa shape index (κ1) is 24.9. The maximum atomic E-state index is 13.2. The summed E-state index contributed by atoms with van der Waals surface area (Å²) in [4.78, 5) is 32.0. The van der Waals surface area contributed by atoms with Crippen LogP contribution in [0.2, 0.25) is 0 Å². The second-order valence-corrected chi connectivity index (χ2v) is 10.1. The van der Waals surface area contributed by atoms with Crippen molar-refractivity contribution in [2.45, 2.75) is 38.3 Å². The lowest BCUT2D eigenvalue weighted by Gasteiger charge is -2.38. The highest BCUT2D eigenvalue weighted by Gasteiger charge is 2.39. The number of ether oxygens (including phenoxy) is 1. The molecule has 1 saturated carbocycles. The van der Waals surface area contributed by atoms with Gasteiger partial charge < -0.3 is 19.4 Å². The van der Waals surface area contributed by atoms with Crippen LogP contribution in [0.25, 0.3) is 0 Å². The molecule has 0 bridgehead atoms. The molecular weight excluding hydrogens is 490 g/mol. The van der Waals surface area contributed by atoms with Gasteiger partial charge in [0.2, 0.25) is 5.91 Å². The minimum atomic E-state index is -0.267. The van der Waals surface area contributed by atoms with Crippen molar-refractivity contribution < 1.29 is 18.7 Å². The fourth-order valence-corrected chi connectivity index (χ4v) is 5.15. The molecule has 2 aromatic carbocycles. The van der Waals surface area contributed by atoms with Crippen molar-refractivity contribution in [3.8, 4) is 5.75 Å². The molecule has 7 heteroatoms. The zero-order valence-corrected chi connectivity index (χ0v) is 21.7. The van der Waals surface area contributed by atoms with Crippen molar-refractivity contribution in [1.29, 1.82) is 0 Å². The van der Waals surface area contributed by atoms with Crippen LogP contribution in [0.4, 0.5) is 0 Å². The van der Waals surface area contributed by atoms with Gasteiger partial charge in [0, 0.05) is 37.3 Å². The Labute approximate surface area is 227 Å². The Kier molecular flexibility index (Phi) is 7.13. The fourth-order valence-electron chi connectivity index (χ4n) is 5.15. The topological polar surface area (TPSA) is 84.7 Å². The largest absolute Gasteiger partial charge is 0.486 e. The second kappa shape index (κ2) is 11.2. The lowest BCUT2D eigenvalue weighted by Crippen LogP contribution is -2.41. The average Bonchev–Trinajstić information content (AvgIpc) is 3.73. The molecule has 3 heterocycles. The van der Waals surface area contributed by atoms with Crippen LogP contribution < -0.4 is 10.1 Å². The van der Waals surface area contributed by atoms with Gasteiger partial charge in [-0.25, -0.2) is 0 Å². The van der Waals surface area contributed by atoms with Gasteiger partial charge in [0.1, 0.15) is 18.1 Å². The molecule has 4 aromatic rings. The lowest BCUT2D eigenvalue weighted by molar-refractivity contribution is -0.134. The van der Waals surface area contributed by atoms with Gasteiger partial charge in [0.05, 0.1) is 6.04 Å². The quantitative estimate of drug-likeness (QED) is 0.331. The molecule has 1 aliphatic carbocycles. The van der Waals surface area contributed by atoms with Crippen molar-refractivity contribution >= 4 is 11.8 Å². The Hall–Kier alpha value is -4.39. The SMILES string of the molecule is O=C(NCCc1ccccn1)c1ccc(COc2ccc3c(c2)C(c2ccccc2)N(C(=O)C2CC2)CC3)o1. The van der Waals surface area contributed by atoms with Crippen LogP contribution in [-0.4, -0.2) is 34.8 Å². The number of hydrogen-bond acceptors (Lipinski definition) is 5. The smallest absolute Gasteiger partial charge is 0.287 e. The van der Waals surface area contributed by atoms with Crippen molar-refractivity contribution in [3.63, 3.8) is 0 Å². The summed E-state index contributed by atoms with van der Waals surface area (Å²) in [5.74, 6) is 1.66. The molecule has 0 saturated heterocycles. The number of benzene rings is 2. The first-order valence-corrected chi connectivity index (χ1v) is 13.5. The molecule has 39 heavy (non-hydrogen) atoms. The first-order valence-electron chi connectivity index (χ1n) is 13.5. The van der Waals surface area contributed by atoms with Crippen molar-refractivity contribution in [1.82, 2.24) is 15.2 Å². The Balaban J connectivity index is 1.12. The average molecular weight is 522 g/mol. The van der Waals surface area contributed by atoms with E-state index < -0.39 is 0 Å². The third-order valence-corrected chi connectivity index (χ3v) is 7.33.